The Balaban J connectivity index is 2.00. The summed E-state index contributed by atoms with van der Waals surface area (Å²) in [6, 6.07) is 30.4. The molecule has 0 unspecified atom stereocenters. The molecule has 0 heterocycles. The first-order chi connectivity index (χ1) is 18.5. The zero-order chi connectivity index (χ0) is 27.2. The van der Waals surface area contributed by atoms with Crippen LogP contribution < -0.4 is 5.32 Å². The fourth-order valence-corrected chi connectivity index (χ4v) is 3.79. The van der Waals surface area contributed by atoms with Crippen LogP contribution in [0.1, 0.15) is 43.9 Å². The van der Waals surface area contributed by atoms with Gasteiger partial charge >= 0.3 is 5.97 Å². The van der Waals surface area contributed by atoms with Gasteiger partial charge in [0.2, 0.25) is 12.7 Å². The van der Waals surface area contributed by atoms with E-state index in [0.717, 1.165) is 34.4 Å². The monoisotopic (exact) mass is 508 g/mol. The maximum absolute atomic E-state index is 11.4. The SMILES string of the molecule is C=C(Cc1ccccc1)C(C)=N/C(Cc1ccccc1)=C(\N/C=C(\CC)c1ccccc1)OCOC(C)=O. The summed E-state index contributed by atoms with van der Waals surface area (Å²) in [5, 5.41) is 3.32. The van der Waals surface area contributed by atoms with Crippen molar-refractivity contribution in [3.63, 3.8) is 0 Å². The van der Waals surface area contributed by atoms with Crippen LogP contribution in [0, 0.1) is 0 Å². The molecule has 3 rings (SSSR count). The molecular weight excluding hydrogens is 472 g/mol. The molecule has 1 N–H and O–H groups in total. The molecule has 0 atom stereocenters. The van der Waals surface area contributed by atoms with E-state index in [-0.39, 0.29) is 6.79 Å². The summed E-state index contributed by atoms with van der Waals surface area (Å²) in [7, 11) is 0. The van der Waals surface area contributed by atoms with Crippen molar-refractivity contribution in [3.8, 4) is 0 Å². The van der Waals surface area contributed by atoms with Gasteiger partial charge in [0.15, 0.2) is 0 Å². The van der Waals surface area contributed by atoms with E-state index in [9.17, 15) is 4.79 Å². The summed E-state index contributed by atoms with van der Waals surface area (Å²) in [6.07, 6.45) is 3.95. The van der Waals surface area contributed by atoms with Crippen molar-refractivity contribution in [2.45, 2.75) is 40.0 Å². The van der Waals surface area contributed by atoms with Gasteiger partial charge in [-0.3, -0.25) is 9.79 Å². The van der Waals surface area contributed by atoms with Crippen molar-refractivity contribution < 1.29 is 14.3 Å². The molecule has 0 bridgehead atoms. The smallest absolute Gasteiger partial charge is 0.305 e. The number of aliphatic imine (C=N–C) groups is 1. The largest absolute Gasteiger partial charge is 0.440 e. The molecule has 5 heteroatoms. The molecule has 0 fully saturated rings. The van der Waals surface area contributed by atoms with Crippen LogP contribution in [0.5, 0.6) is 0 Å². The van der Waals surface area contributed by atoms with Crippen molar-refractivity contribution >= 4 is 17.3 Å². The van der Waals surface area contributed by atoms with Crippen molar-refractivity contribution in [1.29, 1.82) is 0 Å². The molecule has 3 aromatic carbocycles. The quantitative estimate of drug-likeness (QED) is 0.114. The van der Waals surface area contributed by atoms with Gasteiger partial charge in [0.05, 0.1) is 0 Å². The van der Waals surface area contributed by atoms with E-state index >= 15 is 0 Å². The second kappa shape index (κ2) is 15.0. The third kappa shape index (κ3) is 9.25. The highest BCUT2D eigenvalue weighted by Gasteiger charge is 2.12. The first-order valence-electron chi connectivity index (χ1n) is 12.8. The van der Waals surface area contributed by atoms with Gasteiger partial charge in [-0.1, -0.05) is 104 Å². The maximum atomic E-state index is 11.4. The third-order valence-electron chi connectivity index (χ3n) is 5.92. The lowest BCUT2D eigenvalue weighted by molar-refractivity contribution is -0.150. The van der Waals surface area contributed by atoms with E-state index in [0.29, 0.717) is 24.4 Å². The number of esters is 1. The minimum Gasteiger partial charge on any atom is -0.440 e. The Morgan fingerprint density at radius 1 is 0.842 bits per heavy atom. The molecule has 5 nitrogen and oxygen atoms in total. The minimum absolute atomic E-state index is 0.226. The average Bonchev–Trinajstić information content (AvgIpc) is 2.93. The van der Waals surface area contributed by atoms with E-state index in [2.05, 4.69) is 43.1 Å². The molecule has 0 aliphatic carbocycles. The van der Waals surface area contributed by atoms with E-state index < -0.39 is 5.97 Å². The number of benzene rings is 3. The molecule has 0 aliphatic heterocycles. The van der Waals surface area contributed by atoms with Crippen molar-refractivity contribution in [1.82, 2.24) is 5.32 Å². The van der Waals surface area contributed by atoms with Crippen LogP contribution in [0.4, 0.5) is 0 Å². The summed E-state index contributed by atoms with van der Waals surface area (Å²) in [6.45, 7) is 9.47. The van der Waals surface area contributed by atoms with Gasteiger partial charge in [0, 0.05) is 25.3 Å². The summed E-state index contributed by atoms with van der Waals surface area (Å²) in [5.74, 6) is 0.00259. The topological polar surface area (TPSA) is 59.9 Å². The number of nitrogens with zero attached hydrogens (tertiary/aromatic N) is 1. The lowest BCUT2D eigenvalue weighted by Crippen LogP contribution is -2.17. The highest BCUT2D eigenvalue weighted by molar-refractivity contribution is 5.98. The molecule has 0 spiro atoms. The Morgan fingerprint density at radius 3 is 1.95 bits per heavy atom. The Morgan fingerprint density at radius 2 is 1.39 bits per heavy atom. The summed E-state index contributed by atoms with van der Waals surface area (Å²) < 4.78 is 11.1. The predicted molar refractivity (Wildman–Crippen MR) is 155 cm³/mol. The first kappa shape index (κ1) is 28.2. The Hall–Kier alpha value is -4.38. The molecular formula is C33H36N2O3. The van der Waals surface area contributed by atoms with Gasteiger partial charge in [-0.15, -0.1) is 0 Å². The second-order valence-corrected chi connectivity index (χ2v) is 8.83. The molecule has 0 amide bonds. The third-order valence-corrected chi connectivity index (χ3v) is 5.92. The number of hydrogen-bond donors (Lipinski definition) is 1. The van der Waals surface area contributed by atoms with Crippen LogP contribution in [0.2, 0.25) is 0 Å². The zero-order valence-electron chi connectivity index (χ0n) is 22.4. The van der Waals surface area contributed by atoms with Crippen LogP contribution in [-0.2, 0) is 27.1 Å². The Bertz CT molecular complexity index is 1280. The number of rotatable bonds is 13. The summed E-state index contributed by atoms with van der Waals surface area (Å²) in [4.78, 5) is 16.4. The van der Waals surface area contributed by atoms with Crippen molar-refractivity contribution in [2.75, 3.05) is 6.79 Å². The van der Waals surface area contributed by atoms with Crippen LogP contribution in [-0.4, -0.2) is 18.5 Å². The molecule has 0 saturated heterocycles. The van der Waals surface area contributed by atoms with Crippen LogP contribution in [0.25, 0.3) is 5.57 Å². The highest BCUT2D eigenvalue weighted by atomic mass is 16.7. The second-order valence-electron chi connectivity index (χ2n) is 8.83. The highest BCUT2D eigenvalue weighted by Crippen LogP contribution is 2.20. The number of carbonyl (C=O) groups excluding carboxylic acids is 1. The molecule has 196 valence electrons. The normalized spacial score (nSPS) is 12.4. The van der Waals surface area contributed by atoms with Gasteiger partial charge in [-0.05, 0) is 47.6 Å². The van der Waals surface area contributed by atoms with E-state index in [4.69, 9.17) is 14.5 Å². The number of allylic oxidation sites excluding steroid dienone is 3. The minimum atomic E-state index is -0.418. The number of carbonyl (C=O) groups is 1. The van der Waals surface area contributed by atoms with Crippen LogP contribution in [0.3, 0.4) is 0 Å². The Kier molecular flexibility index (Phi) is 11.1. The lowest BCUT2D eigenvalue weighted by Gasteiger charge is -2.16. The van der Waals surface area contributed by atoms with Crippen molar-refractivity contribution in [2.24, 2.45) is 4.99 Å². The fourth-order valence-electron chi connectivity index (χ4n) is 3.79. The van der Waals surface area contributed by atoms with Gasteiger partial charge in [0.25, 0.3) is 0 Å². The van der Waals surface area contributed by atoms with Crippen LogP contribution in [0.15, 0.2) is 126 Å². The zero-order valence-corrected chi connectivity index (χ0v) is 22.4. The average molecular weight is 509 g/mol. The van der Waals surface area contributed by atoms with Gasteiger partial charge in [0.1, 0.15) is 5.70 Å². The predicted octanol–water partition coefficient (Wildman–Crippen LogP) is 7.24. The standard InChI is InChI=1S/C33H36N2O3/c1-5-30(31-19-13-8-14-20-31)23-34-33(38-24-37-27(4)36)32(22-29-17-11-7-12-18-29)35-26(3)25(2)21-28-15-9-6-10-16-28/h6-20,23,34H,2,5,21-22,24H2,1,3-4H3/b30-23+,33-32+,35-26?. The lowest BCUT2D eigenvalue weighted by atomic mass is 10.0. The van der Waals surface area contributed by atoms with E-state index in [1.807, 2.05) is 79.9 Å². The van der Waals surface area contributed by atoms with Gasteiger partial charge < -0.3 is 14.8 Å². The number of ether oxygens (including phenoxy) is 2. The molecule has 0 aromatic heterocycles. The molecule has 0 aliphatic rings. The molecule has 38 heavy (non-hydrogen) atoms. The summed E-state index contributed by atoms with van der Waals surface area (Å²) >= 11 is 0. The molecule has 3 aromatic rings. The van der Waals surface area contributed by atoms with E-state index in [1.54, 1.807) is 0 Å². The molecule has 0 radical (unpaired) electrons. The number of nitrogens with one attached hydrogen (secondary N) is 1. The van der Waals surface area contributed by atoms with Gasteiger partial charge in [-0.2, -0.15) is 0 Å². The summed E-state index contributed by atoms with van der Waals surface area (Å²) in [5.41, 5.74) is 6.85. The maximum Gasteiger partial charge on any atom is 0.305 e. The fraction of sp³-hybridized carbons (Fsp3) is 0.212. The molecule has 0 saturated carbocycles. The van der Waals surface area contributed by atoms with Crippen LogP contribution >= 0.6 is 0 Å². The number of hydrogen-bond acceptors (Lipinski definition) is 5. The van der Waals surface area contributed by atoms with Crippen molar-refractivity contribution in [3.05, 3.63) is 138 Å². The van der Waals surface area contributed by atoms with E-state index in [1.165, 1.54) is 12.5 Å². The first-order valence-corrected chi connectivity index (χ1v) is 12.8. The van der Waals surface area contributed by atoms with Gasteiger partial charge in [-0.25, -0.2) is 0 Å². The Labute approximate surface area is 226 Å².